The normalized spacial score (nSPS) is 11.0. The van der Waals surface area contributed by atoms with Crippen molar-refractivity contribution in [3.05, 3.63) is 42.9 Å². The predicted molar refractivity (Wildman–Crippen MR) is 83.0 cm³/mol. The molecule has 0 radical (unpaired) electrons. The molecule has 102 valence electrons. The van der Waals surface area contributed by atoms with Gasteiger partial charge in [-0.3, -0.25) is 4.79 Å². The highest BCUT2D eigenvalue weighted by molar-refractivity contribution is 9.10. The molecule has 0 spiro atoms. The van der Waals surface area contributed by atoms with Gasteiger partial charge in [-0.1, -0.05) is 0 Å². The highest BCUT2D eigenvalue weighted by Crippen LogP contribution is 2.21. The Bertz CT molecular complexity index is 633. The zero-order valence-corrected chi connectivity index (χ0v) is 13.5. The van der Waals surface area contributed by atoms with Crippen LogP contribution in [0.2, 0.25) is 0 Å². The molecule has 2 aromatic heterocycles. The minimum Gasteiger partial charge on any atom is -0.378 e. The van der Waals surface area contributed by atoms with Crippen molar-refractivity contribution in [2.24, 2.45) is 0 Å². The molecule has 0 aliphatic rings. The summed E-state index contributed by atoms with van der Waals surface area (Å²) in [6.07, 6.45) is 1.69. The monoisotopic (exact) mass is 341 g/mol. The minimum absolute atomic E-state index is 0.0531. The molecule has 2 aromatic rings. The summed E-state index contributed by atoms with van der Waals surface area (Å²) in [6.45, 7) is 6.65. The third-order valence-electron chi connectivity index (χ3n) is 2.84. The van der Waals surface area contributed by atoms with Crippen molar-refractivity contribution < 1.29 is 0 Å². The molecule has 0 bridgehead atoms. The molecule has 2 heterocycles. The van der Waals surface area contributed by atoms with E-state index in [4.69, 9.17) is 0 Å². The van der Waals surface area contributed by atoms with Crippen LogP contribution in [0.25, 0.3) is 0 Å². The number of aryl methyl sites for hydroxylation is 1. The van der Waals surface area contributed by atoms with Gasteiger partial charge in [0.2, 0.25) is 0 Å². The number of hydrogen-bond acceptors (Lipinski definition) is 4. The third-order valence-corrected chi connectivity index (χ3v) is 4.63. The molecule has 0 amide bonds. The quantitative estimate of drug-likeness (QED) is 0.924. The van der Waals surface area contributed by atoms with Gasteiger partial charge in [-0.15, -0.1) is 11.3 Å². The van der Waals surface area contributed by atoms with Crippen LogP contribution >= 0.6 is 27.3 Å². The summed E-state index contributed by atoms with van der Waals surface area (Å²) in [5.74, 6) is 0. The lowest BCUT2D eigenvalue weighted by Crippen LogP contribution is -2.26. The fourth-order valence-electron chi connectivity index (χ4n) is 1.70. The maximum Gasteiger partial charge on any atom is 0.283 e. The second-order valence-corrected chi connectivity index (χ2v) is 6.39. The molecule has 4 nitrogen and oxygen atoms in total. The summed E-state index contributed by atoms with van der Waals surface area (Å²) in [7, 11) is 0. The Morgan fingerprint density at radius 2 is 2.26 bits per heavy atom. The first kappa shape index (κ1) is 14.3. The molecular weight excluding hydrogens is 326 g/mol. The SMILES string of the molecule is Cc1ccsc1CNc1cnn(C(C)C)c(=O)c1Br. The van der Waals surface area contributed by atoms with Crippen molar-refractivity contribution in [1.82, 2.24) is 9.78 Å². The van der Waals surface area contributed by atoms with E-state index in [2.05, 4.69) is 44.7 Å². The molecule has 0 saturated carbocycles. The van der Waals surface area contributed by atoms with E-state index in [1.165, 1.54) is 15.1 Å². The van der Waals surface area contributed by atoms with Gasteiger partial charge in [0.25, 0.3) is 5.56 Å². The molecule has 0 saturated heterocycles. The number of aromatic nitrogens is 2. The van der Waals surface area contributed by atoms with Crippen molar-refractivity contribution in [2.75, 3.05) is 5.32 Å². The molecule has 0 aromatic carbocycles. The number of anilines is 1. The summed E-state index contributed by atoms with van der Waals surface area (Å²) in [4.78, 5) is 13.3. The van der Waals surface area contributed by atoms with E-state index in [1.54, 1.807) is 17.5 Å². The molecule has 0 aliphatic carbocycles. The second-order valence-electron chi connectivity index (χ2n) is 4.60. The lowest BCUT2D eigenvalue weighted by molar-refractivity contribution is 0.501. The van der Waals surface area contributed by atoms with Gasteiger partial charge < -0.3 is 5.32 Å². The van der Waals surface area contributed by atoms with Crippen LogP contribution in [0.15, 0.2) is 26.9 Å². The molecule has 6 heteroatoms. The van der Waals surface area contributed by atoms with Crippen LogP contribution in [0.3, 0.4) is 0 Å². The van der Waals surface area contributed by atoms with Crippen LogP contribution in [0.4, 0.5) is 5.69 Å². The number of hydrogen-bond donors (Lipinski definition) is 1. The van der Waals surface area contributed by atoms with Gasteiger partial charge in [0.1, 0.15) is 4.47 Å². The van der Waals surface area contributed by atoms with Gasteiger partial charge in [-0.2, -0.15) is 5.10 Å². The molecule has 0 aliphatic heterocycles. The second kappa shape index (κ2) is 5.88. The standard InChI is InChI=1S/C13H16BrN3OS/c1-8(2)17-13(18)12(14)10(6-16-17)15-7-11-9(3)4-5-19-11/h4-6,8,15H,7H2,1-3H3. The first-order valence-electron chi connectivity index (χ1n) is 6.05. The third kappa shape index (κ3) is 3.06. The van der Waals surface area contributed by atoms with Crippen LogP contribution in [-0.4, -0.2) is 9.78 Å². The van der Waals surface area contributed by atoms with E-state index < -0.39 is 0 Å². The zero-order chi connectivity index (χ0) is 14.0. The fourth-order valence-corrected chi connectivity index (χ4v) is 2.97. The van der Waals surface area contributed by atoms with Gasteiger partial charge in [0.05, 0.1) is 17.9 Å². The van der Waals surface area contributed by atoms with E-state index in [0.717, 1.165) is 5.69 Å². The molecule has 0 atom stereocenters. The Labute approximate surface area is 124 Å². The Kier molecular flexibility index (Phi) is 4.42. The van der Waals surface area contributed by atoms with Crippen molar-refractivity contribution in [3.8, 4) is 0 Å². The van der Waals surface area contributed by atoms with Gasteiger partial charge in [-0.05, 0) is 53.7 Å². The first-order valence-corrected chi connectivity index (χ1v) is 7.72. The van der Waals surface area contributed by atoms with Crippen molar-refractivity contribution in [3.63, 3.8) is 0 Å². The smallest absolute Gasteiger partial charge is 0.283 e. The van der Waals surface area contributed by atoms with E-state index in [1.807, 2.05) is 13.8 Å². The summed E-state index contributed by atoms with van der Waals surface area (Å²) < 4.78 is 2.00. The summed E-state index contributed by atoms with van der Waals surface area (Å²) in [6, 6.07) is 2.14. The van der Waals surface area contributed by atoms with Crippen LogP contribution in [-0.2, 0) is 6.54 Å². The molecular formula is C13H16BrN3OS. The van der Waals surface area contributed by atoms with Crippen LogP contribution < -0.4 is 10.9 Å². The Morgan fingerprint density at radius 1 is 1.53 bits per heavy atom. The Morgan fingerprint density at radius 3 is 2.84 bits per heavy atom. The highest BCUT2D eigenvalue weighted by Gasteiger charge is 2.11. The van der Waals surface area contributed by atoms with Gasteiger partial charge in [-0.25, -0.2) is 4.68 Å². The van der Waals surface area contributed by atoms with Gasteiger partial charge in [0, 0.05) is 11.4 Å². The number of nitrogens with one attached hydrogen (secondary N) is 1. The predicted octanol–water partition coefficient (Wildman–Crippen LogP) is 3.57. The molecule has 2 rings (SSSR count). The van der Waals surface area contributed by atoms with Crippen LogP contribution in [0.5, 0.6) is 0 Å². The van der Waals surface area contributed by atoms with Crippen molar-refractivity contribution >= 4 is 33.0 Å². The van der Waals surface area contributed by atoms with Crippen molar-refractivity contribution in [1.29, 1.82) is 0 Å². The van der Waals surface area contributed by atoms with Crippen LogP contribution in [0, 0.1) is 6.92 Å². The molecule has 0 fully saturated rings. The average molecular weight is 342 g/mol. The van der Waals surface area contributed by atoms with Crippen molar-refractivity contribution in [2.45, 2.75) is 33.4 Å². The number of halogens is 1. The minimum atomic E-state index is -0.108. The zero-order valence-electron chi connectivity index (χ0n) is 11.1. The largest absolute Gasteiger partial charge is 0.378 e. The lowest BCUT2D eigenvalue weighted by atomic mass is 10.3. The Hall–Kier alpha value is -1.14. The maximum atomic E-state index is 12.1. The highest BCUT2D eigenvalue weighted by atomic mass is 79.9. The number of thiophene rings is 1. The average Bonchev–Trinajstić information content (AvgIpc) is 2.76. The van der Waals surface area contributed by atoms with E-state index in [9.17, 15) is 4.79 Å². The maximum absolute atomic E-state index is 12.1. The van der Waals surface area contributed by atoms with E-state index in [-0.39, 0.29) is 11.6 Å². The Balaban J connectivity index is 2.20. The summed E-state index contributed by atoms with van der Waals surface area (Å²) in [5, 5.41) is 9.49. The van der Waals surface area contributed by atoms with Gasteiger partial charge >= 0.3 is 0 Å². The number of rotatable bonds is 4. The molecule has 1 N–H and O–H groups in total. The lowest BCUT2D eigenvalue weighted by Gasteiger charge is -2.12. The first-order chi connectivity index (χ1) is 9.00. The van der Waals surface area contributed by atoms with E-state index >= 15 is 0 Å². The summed E-state index contributed by atoms with van der Waals surface area (Å²) in [5.41, 5.74) is 1.88. The molecule has 19 heavy (non-hydrogen) atoms. The number of nitrogens with zero attached hydrogens (tertiary/aromatic N) is 2. The van der Waals surface area contributed by atoms with Gasteiger partial charge in [0.15, 0.2) is 0 Å². The fraction of sp³-hybridized carbons (Fsp3) is 0.385. The topological polar surface area (TPSA) is 46.9 Å². The molecule has 0 unspecified atom stereocenters. The van der Waals surface area contributed by atoms with E-state index in [0.29, 0.717) is 11.0 Å². The van der Waals surface area contributed by atoms with Crippen LogP contribution in [0.1, 0.15) is 30.3 Å². The summed E-state index contributed by atoms with van der Waals surface area (Å²) >= 11 is 5.06.